The van der Waals surface area contributed by atoms with E-state index in [9.17, 15) is 46.2 Å². The molecule has 0 aromatic heterocycles. The lowest BCUT2D eigenvalue weighted by molar-refractivity contribution is -0.117. The number of carbonyl (C=O) groups is 4. The van der Waals surface area contributed by atoms with Gasteiger partial charge in [-0.3, -0.25) is 19.2 Å². The molecule has 6 rings (SSSR count). The summed E-state index contributed by atoms with van der Waals surface area (Å²) in [5, 5.41) is 31.1. The molecule has 0 spiro atoms. The number of hydrogen-bond donors (Lipinski definition) is 8. The van der Waals surface area contributed by atoms with Crippen LogP contribution in [-0.4, -0.2) is 62.8 Å². The summed E-state index contributed by atoms with van der Waals surface area (Å²) in [5.41, 5.74) is 3.18. The lowest BCUT2D eigenvalue weighted by Gasteiger charge is -2.16. The number of hydrogen-bond acceptors (Lipinski definition) is 10. The Bertz CT molecular complexity index is 3080. The number of amides is 4. The monoisotopic (exact) mass is 1130 g/mol. The Kier molecular flexibility index (Phi) is 18.7. The summed E-state index contributed by atoms with van der Waals surface area (Å²) in [4.78, 5) is 50.0. The Hall–Kier alpha value is -6.07. The van der Waals surface area contributed by atoms with E-state index in [4.69, 9.17) is 23.2 Å². The quantitative estimate of drug-likeness (QED) is 0.0337. The van der Waals surface area contributed by atoms with Gasteiger partial charge < -0.3 is 31.5 Å². The molecule has 0 heterocycles. The van der Waals surface area contributed by atoms with E-state index in [-0.39, 0.29) is 66.9 Å². The number of aromatic hydroxyl groups is 2. The van der Waals surface area contributed by atoms with Crippen molar-refractivity contribution in [1.29, 1.82) is 0 Å². The molecule has 0 fully saturated rings. The van der Waals surface area contributed by atoms with Crippen LogP contribution in [-0.2, 0) is 29.6 Å². The second-order valence-electron chi connectivity index (χ2n) is 15.6. The fraction of sp³-hybridized carbons (Fsp3) is 0.167. The highest BCUT2D eigenvalue weighted by molar-refractivity contribution is 14.1. The Labute approximate surface area is 423 Å². The number of halogens is 3. The number of aryl methyl sites for hydroxylation is 2. The fourth-order valence-electron chi connectivity index (χ4n) is 6.27. The summed E-state index contributed by atoms with van der Waals surface area (Å²) in [7, 11) is -7.56. The molecule has 362 valence electrons. The van der Waals surface area contributed by atoms with Crippen LogP contribution in [0.2, 0.25) is 10.0 Å². The predicted octanol–water partition coefficient (Wildman–Crippen LogP) is 9.21. The van der Waals surface area contributed by atoms with Gasteiger partial charge in [-0.1, -0.05) is 88.9 Å². The molecule has 69 heavy (non-hydrogen) atoms. The molecule has 0 radical (unpaired) electrons. The molecule has 6 aromatic rings. The summed E-state index contributed by atoms with van der Waals surface area (Å²) in [6.45, 7) is 6.88. The van der Waals surface area contributed by atoms with E-state index < -0.39 is 55.8 Å². The number of phenolic OH excluding ortho intramolecular Hbond substituents is 2. The van der Waals surface area contributed by atoms with Crippen molar-refractivity contribution in [1.82, 2.24) is 9.44 Å². The molecule has 0 bridgehead atoms. The summed E-state index contributed by atoms with van der Waals surface area (Å²) >= 11 is 14.5. The third-order valence-electron chi connectivity index (χ3n) is 9.73. The Balaban J connectivity index is 0.000000258. The molecule has 16 nitrogen and oxygen atoms in total. The minimum absolute atomic E-state index is 0.0804. The minimum atomic E-state index is -3.79. The van der Waals surface area contributed by atoms with Gasteiger partial charge in [0.2, 0.25) is 31.9 Å². The van der Waals surface area contributed by atoms with Crippen molar-refractivity contribution in [3.8, 4) is 11.5 Å². The standard InChI is InChI=1S/C24H23ClIN3O5S.C24H24ClN3O5S/c1-14-7-9-16(10-8-14)35(33,34)29-15(2)11-23(31)27-20-13-22(30)21(12-18(20)25)28-24(32)17-5-3-4-6-19(17)26;1-15-8-10-17(11-9-15)24(31)27-21-13-19(25)20(14-22(21)29)26-23(30)12-16(2)28-34(32,33)18-6-4-3-5-7-18/h3-10,12-13,15,29-30H,11H2,1-2H3,(H,27,31)(H,28,32);3-11,13-14,16,28-29H,12H2,1-2H3,(H,26,30)(H,27,31). The molecular weight excluding hydrogens is 1080 g/mol. The van der Waals surface area contributed by atoms with Gasteiger partial charge >= 0.3 is 0 Å². The molecule has 2 unspecified atom stereocenters. The van der Waals surface area contributed by atoms with Gasteiger partial charge in [0.1, 0.15) is 11.5 Å². The smallest absolute Gasteiger partial charge is 0.256 e. The molecule has 21 heteroatoms. The van der Waals surface area contributed by atoms with Crippen LogP contribution in [0.4, 0.5) is 22.7 Å². The normalized spacial score (nSPS) is 12.1. The topological polar surface area (TPSA) is 249 Å². The van der Waals surface area contributed by atoms with Crippen LogP contribution in [0.5, 0.6) is 11.5 Å². The van der Waals surface area contributed by atoms with Gasteiger partial charge in [0, 0.05) is 46.2 Å². The van der Waals surface area contributed by atoms with Crippen molar-refractivity contribution in [2.45, 2.75) is 62.4 Å². The Morgan fingerprint density at radius 2 is 0.942 bits per heavy atom. The molecule has 0 saturated carbocycles. The highest BCUT2D eigenvalue weighted by Gasteiger charge is 2.22. The number of phenols is 2. The first-order chi connectivity index (χ1) is 32.5. The van der Waals surface area contributed by atoms with Crippen molar-refractivity contribution in [2.24, 2.45) is 0 Å². The van der Waals surface area contributed by atoms with E-state index in [1.165, 1.54) is 48.5 Å². The lowest BCUT2D eigenvalue weighted by atomic mass is 10.1. The number of rotatable bonds is 16. The van der Waals surface area contributed by atoms with Crippen molar-refractivity contribution >= 4 is 112 Å². The maximum absolute atomic E-state index is 12.5. The van der Waals surface area contributed by atoms with Crippen LogP contribution in [0.15, 0.2) is 137 Å². The van der Waals surface area contributed by atoms with Crippen LogP contribution in [0.3, 0.4) is 0 Å². The molecule has 2 atom stereocenters. The van der Waals surface area contributed by atoms with Gasteiger partial charge in [0.15, 0.2) is 0 Å². The van der Waals surface area contributed by atoms with Crippen molar-refractivity contribution in [3.63, 3.8) is 0 Å². The zero-order valence-electron chi connectivity index (χ0n) is 37.3. The fourth-order valence-corrected chi connectivity index (χ4v) is 9.84. The minimum Gasteiger partial charge on any atom is -0.506 e. The zero-order valence-corrected chi connectivity index (χ0v) is 42.6. The summed E-state index contributed by atoms with van der Waals surface area (Å²) in [6, 6.07) is 31.7. The first kappa shape index (κ1) is 53.9. The molecular formula is C48H47Cl2IN6O10S2. The van der Waals surface area contributed by atoms with Crippen molar-refractivity contribution in [3.05, 3.63) is 163 Å². The number of benzene rings is 6. The first-order valence-electron chi connectivity index (χ1n) is 20.8. The molecule has 4 amide bonds. The van der Waals surface area contributed by atoms with Crippen LogP contribution in [0.25, 0.3) is 0 Å². The van der Waals surface area contributed by atoms with Gasteiger partial charge in [-0.15, -0.1) is 0 Å². The largest absolute Gasteiger partial charge is 0.506 e. The predicted molar refractivity (Wildman–Crippen MR) is 276 cm³/mol. The van der Waals surface area contributed by atoms with Crippen molar-refractivity contribution in [2.75, 3.05) is 21.3 Å². The van der Waals surface area contributed by atoms with Gasteiger partial charge in [-0.2, -0.15) is 0 Å². The zero-order chi connectivity index (χ0) is 50.6. The summed E-state index contributed by atoms with van der Waals surface area (Å²) < 4.78 is 55.5. The van der Waals surface area contributed by atoms with Crippen LogP contribution in [0.1, 0.15) is 58.5 Å². The van der Waals surface area contributed by atoms with Crippen LogP contribution < -0.4 is 30.7 Å². The second kappa shape index (κ2) is 24.0. The highest BCUT2D eigenvalue weighted by atomic mass is 127. The SMILES string of the molecule is Cc1ccc(C(=O)Nc2cc(Cl)c(NC(=O)CC(C)NS(=O)(=O)c3ccccc3)cc2O)cc1.Cc1ccc(S(=O)(=O)NC(C)CC(=O)Nc2cc(O)c(NC(=O)c3ccccc3I)cc2Cl)cc1. The average Bonchev–Trinajstić information content (AvgIpc) is 3.27. The van der Waals surface area contributed by atoms with E-state index in [1.54, 1.807) is 92.7 Å². The van der Waals surface area contributed by atoms with Crippen molar-refractivity contribution < 1.29 is 46.2 Å². The summed E-state index contributed by atoms with van der Waals surface area (Å²) in [5.74, 6) is -2.47. The second-order valence-corrected chi connectivity index (χ2v) is 21.0. The average molecular weight is 1130 g/mol. The lowest BCUT2D eigenvalue weighted by Crippen LogP contribution is -2.35. The number of carbonyl (C=O) groups excluding carboxylic acids is 4. The third-order valence-corrected chi connectivity index (χ3v) is 14.5. The van der Waals surface area contributed by atoms with E-state index in [0.717, 1.165) is 14.7 Å². The van der Waals surface area contributed by atoms with Crippen LogP contribution in [0, 0.1) is 17.4 Å². The first-order valence-corrected chi connectivity index (χ1v) is 25.6. The molecule has 0 aliphatic heterocycles. The van der Waals surface area contributed by atoms with E-state index in [2.05, 4.69) is 30.7 Å². The number of anilines is 4. The van der Waals surface area contributed by atoms with Gasteiger partial charge in [-0.25, -0.2) is 26.3 Å². The maximum Gasteiger partial charge on any atom is 0.256 e. The third kappa shape index (κ3) is 15.7. The maximum atomic E-state index is 12.5. The van der Waals surface area contributed by atoms with E-state index >= 15 is 0 Å². The van der Waals surface area contributed by atoms with E-state index in [0.29, 0.717) is 11.1 Å². The molecule has 8 N–H and O–H groups in total. The summed E-state index contributed by atoms with van der Waals surface area (Å²) in [6.07, 6.45) is -0.345. The Morgan fingerprint density at radius 1 is 0.536 bits per heavy atom. The molecule has 6 aromatic carbocycles. The van der Waals surface area contributed by atoms with Gasteiger partial charge in [-0.05, 0) is 111 Å². The number of nitrogens with one attached hydrogen (secondary N) is 6. The highest BCUT2D eigenvalue weighted by Crippen LogP contribution is 2.36. The Morgan fingerprint density at radius 3 is 1.41 bits per heavy atom. The van der Waals surface area contributed by atoms with Crippen LogP contribution >= 0.6 is 45.8 Å². The van der Waals surface area contributed by atoms with E-state index in [1.807, 2.05) is 36.4 Å². The molecule has 0 saturated heterocycles. The number of sulfonamides is 2. The van der Waals surface area contributed by atoms with Gasteiger partial charge in [0.25, 0.3) is 11.8 Å². The molecule has 0 aliphatic carbocycles. The molecule has 0 aliphatic rings. The van der Waals surface area contributed by atoms with Gasteiger partial charge in [0.05, 0.1) is 48.1 Å².